The quantitative estimate of drug-likeness (QED) is 0.467. The molecule has 0 aliphatic rings. The van der Waals surface area contributed by atoms with E-state index in [0.29, 0.717) is 0 Å². The first-order valence-corrected chi connectivity index (χ1v) is 3.92. The molecule has 0 aliphatic heterocycles. The molecule has 10 heavy (non-hydrogen) atoms. The molecule has 0 amide bonds. The van der Waals surface area contributed by atoms with Crippen LogP contribution in [0.5, 0.6) is 0 Å². The van der Waals surface area contributed by atoms with E-state index in [4.69, 9.17) is 0 Å². The average molecular weight is 154 g/mol. The summed E-state index contributed by atoms with van der Waals surface area (Å²) in [6, 6.07) is 4.05. The van der Waals surface area contributed by atoms with Gasteiger partial charge in [-0.05, 0) is 11.4 Å². The summed E-state index contributed by atoms with van der Waals surface area (Å²) < 4.78 is 0. The smallest absolute Gasteiger partial charge is 0.0642 e. The molecule has 1 rings (SSSR count). The molecule has 0 spiro atoms. The summed E-state index contributed by atoms with van der Waals surface area (Å²) >= 11 is 1.69. The molecule has 0 N–H and O–H groups in total. The number of hydrogen-bond donors (Lipinski definition) is 0. The van der Waals surface area contributed by atoms with Crippen molar-refractivity contribution in [3.8, 4) is 0 Å². The summed E-state index contributed by atoms with van der Waals surface area (Å²) in [6.45, 7) is 0. The van der Waals surface area contributed by atoms with Crippen LogP contribution in [0, 0.1) is 0 Å². The molecule has 0 saturated heterocycles. The van der Waals surface area contributed by atoms with Crippen molar-refractivity contribution in [2.24, 2.45) is 5.10 Å². The third kappa shape index (κ3) is 2.19. The Hall–Kier alpha value is -0.830. The second kappa shape index (κ2) is 3.37. The van der Waals surface area contributed by atoms with E-state index in [0.717, 1.165) is 0 Å². The Morgan fingerprint density at radius 2 is 2.40 bits per heavy atom. The topological polar surface area (TPSA) is 15.6 Å². The van der Waals surface area contributed by atoms with Crippen molar-refractivity contribution in [3.63, 3.8) is 0 Å². The zero-order chi connectivity index (χ0) is 7.40. The number of rotatable bonds is 2. The van der Waals surface area contributed by atoms with E-state index in [1.807, 2.05) is 37.8 Å². The Morgan fingerprint density at radius 3 is 2.90 bits per heavy atom. The second-order valence-electron chi connectivity index (χ2n) is 2.11. The molecule has 3 heteroatoms. The lowest BCUT2D eigenvalue weighted by Gasteiger charge is -2.00. The van der Waals surface area contributed by atoms with Gasteiger partial charge in [-0.2, -0.15) is 5.10 Å². The van der Waals surface area contributed by atoms with Crippen LogP contribution in [0.3, 0.4) is 0 Å². The Balaban J connectivity index is 2.55. The van der Waals surface area contributed by atoms with Crippen LogP contribution in [0.15, 0.2) is 22.6 Å². The van der Waals surface area contributed by atoms with Crippen LogP contribution >= 0.6 is 11.3 Å². The van der Waals surface area contributed by atoms with Crippen molar-refractivity contribution < 1.29 is 0 Å². The summed E-state index contributed by atoms with van der Waals surface area (Å²) in [4.78, 5) is 1.19. The van der Waals surface area contributed by atoms with Gasteiger partial charge in [0, 0.05) is 19.0 Å². The largest absolute Gasteiger partial charge is 0.303 e. The molecule has 1 aromatic heterocycles. The molecule has 0 bridgehead atoms. The van der Waals surface area contributed by atoms with E-state index in [-0.39, 0.29) is 0 Å². The van der Waals surface area contributed by atoms with Crippen LogP contribution in [0.2, 0.25) is 0 Å². The van der Waals surface area contributed by atoms with Gasteiger partial charge in [-0.25, -0.2) is 0 Å². The van der Waals surface area contributed by atoms with Crippen molar-refractivity contribution in [2.75, 3.05) is 14.1 Å². The maximum atomic E-state index is 4.09. The van der Waals surface area contributed by atoms with Crippen molar-refractivity contribution in [3.05, 3.63) is 22.4 Å². The van der Waals surface area contributed by atoms with E-state index in [1.54, 1.807) is 16.3 Å². The highest BCUT2D eigenvalue weighted by atomic mass is 32.1. The van der Waals surface area contributed by atoms with Crippen molar-refractivity contribution in [1.82, 2.24) is 5.01 Å². The molecular weight excluding hydrogens is 144 g/mol. The van der Waals surface area contributed by atoms with Gasteiger partial charge in [0.2, 0.25) is 0 Å². The van der Waals surface area contributed by atoms with Crippen LogP contribution in [0.4, 0.5) is 0 Å². The predicted octanol–water partition coefficient (Wildman–Crippen LogP) is 1.64. The molecule has 2 nitrogen and oxygen atoms in total. The minimum absolute atomic E-state index is 1.19. The van der Waals surface area contributed by atoms with Gasteiger partial charge >= 0.3 is 0 Å². The molecule has 0 unspecified atom stereocenters. The average Bonchev–Trinajstić information content (AvgIpc) is 2.34. The number of hydrogen-bond acceptors (Lipinski definition) is 3. The van der Waals surface area contributed by atoms with Gasteiger partial charge in [-0.3, -0.25) is 0 Å². The van der Waals surface area contributed by atoms with E-state index in [1.165, 1.54) is 4.88 Å². The van der Waals surface area contributed by atoms with E-state index in [2.05, 4.69) is 5.10 Å². The lowest BCUT2D eigenvalue weighted by Crippen LogP contribution is -2.01. The van der Waals surface area contributed by atoms with Crippen LogP contribution in [0.1, 0.15) is 4.88 Å². The summed E-state index contributed by atoms with van der Waals surface area (Å²) in [6.07, 6.45) is 1.85. The molecule has 0 aliphatic carbocycles. The van der Waals surface area contributed by atoms with Crippen LogP contribution in [-0.2, 0) is 0 Å². The number of hydrazone groups is 1. The van der Waals surface area contributed by atoms with E-state index < -0.39 is 0 Å². The molecule has 1 aromatic rings. The molecular formula is C7H10N2S. The summed E-state index contributed by atoms with van der Waals surface area (Å²) in [5, 5.41) is 7.90. The fraction of sp³-hybridized carbons (Fsp3) is 0.286. The number of thiophene rings is 1. The van der Waals surface area contributed by atoms with Crippen LogP contribution in [-0.4, -0.2) is 25.3 Å². The highest BCUT2D eigenvalue weighted by Gasteiger charge is 1.85. The van der Waals surface area contributed by atoms with Gasteiger partial charge in [0.1, 0.15) is 0 Å². The predicted molar refractivity (Wildman–Crippen MR) is 45.6 cm³/mol. The van der Waals surface area contributed by atoms with E-state index in [9.17, 15) is 0 Å². The van der Waals surface area contributed by atoms with Gasteiger partial charge < -0.3 is 5.01 Å². The van der Waals surface area contributed by atoms with E-state index >= 15 is 0 Å². The zero-order valence-corrected chi connectivity index (χ0v) is 6.93. The highest BCUT2D eigenvalue weighted by molar-refractivity contribution is 7.11. The van der Waals surface area contributed by atoms with Gasteiger partial charge in [0.15, 0.2) is 0 Å². The maximum absolute atomic E-state index is 4.09. The van der Waals surface area contributed by atoms with Gasteiger partial charge in [0.25, 0.3) is 0 Å². The lowest BCUT2D eigenvalue weighted by molar-refractivity contribution is 0.440. The zero-order valence-electron chi connectivity index (χ0n) is 6.11. The third-order valence-corrected chi connectivity index (χ3v) is 1.77. The summed E-state index contributed by atoms with van der Waals surface area (Å²) in [7, 11) is 3.81. The SMILES string of the molecule is CN(C)/N=C/c1cccs1. The molecule has 0 radical (unpaired) electrons. The fourth-order valence-corrected chi connectivity index (χ4v) is 1.12. The first-order chi connectivity index (χ1) is 4.79. The Morgan fingerprint density at radius 1 is 1.60 bits per heavy atom. The van der Waals surface area contributed by atoms with Crippen LogP contribution in [0.25, 0.3) is 0 Å². The van der Waals surface area contributed by atoms with Gasteiger partial charge in [0.05, 0.1) is 6.21 Å². The monoisotopic (exact) mass is 154 g/mol. The molecule has 0 aromatic carbocycles. The molecule has 54 valence electrons. The lowest BCUT2D eigenvalue weighted by atomic mass is 10.5. The number of nitrogens with zero attached hydrogens (tertiary/aromatic N) is 2. The van der Waals surface area contributed by atoms with Gasteiger partial charge in [-0.15, -0.1) is 11.3 Å². The summed E-state index contributed by atoms with van der Waals surface area (Å²) in [5.41, 5.74) is 0. The van der Waals surface area contributed by atoms with Crippen molar-refractivity contribution in [2.45, 2.75) is 0 Å². The second-order valence-corrected chi connectivity index (χ2v) is 3.09. The third-order valence-electron chi connectivity index (χ3n) is 0.959. The summed E-state index contributed by atoms with van der Waals surface area (Å²) in [5.74, 6) is 0. The molecule has 0 atom stereocenters. The minimum Gasteiger partial charge on any atom is -0.303 e. The van der Waals surface area contributed by atoms with Crippen LogP contribution < -0.4 is 0 Å². The first-order valence-electron chi connectivity index (χ1n) is 3.04. The normalized spacial score (nSPS) is 10.6. The standard InChI is InChI=1S/C7H10N2S/c1-9(2)8-6-7-4-3-5-10-7/h3-6H,1-2H3/b8-6+. The highest BCUT2D eigenvalue weighted by Crippen LogP contribution is 2.04. The Kier molecular flexibility index (Phi) is 2.45. The fourth-order valence-electron chi connectivity index (χ4n) is 0.537. The maximum Gasteiger partial charge on any atom is 0.0642 e. The first kappa shape index (κ1) is 7.28. The minimum atomic E-state index is 1.19. The van der Waals surface area contributed by atoms with Crippen molar-refractivity contribution >= 4 is 17.6 Å². The Bertz CT molecular complexity index is 201. The van der Waals surface area contributed by atoms with Crippen molar-refractivity contribution in [1.29, 1.82) is 0 Å². The molecule has 0 fully saturated rings. The molecule has 0 saturated carbocycles. The molecule has 1 heterocycles. The van der Waals surface area contributed by atoms with Gasteiger partial charge in [-0.1, -0.05) is 6.07 Å². The Labute approximate surface area is 64.8 Å².